The van der Waals surface area contributed by atoms with Crippen molar-refractivity contribution in [2.45, 2.75) is 39.9 Å². The molecule has 0 aliphatic carbocycles. The number of nitrogens with one attached hydrogen (secondary N) is 1. The Hall–Kier alpha value is -0.490. The molecule has 0 aromatic carbocycles. The fraction of sp³-hybridized carbons (Fsp3) is 0.800. The lowest BCUT2D eigenvalue weighted by molar-refractivity contribution is 0.0992. The molecule has 4 nitrogen and oxygen atoms in total. The van der Waals surface area contributed by atoms with Gasteiger partial charge in [0.25, 0.3) is 0 Å². The van der Waals surface area contributed by atoms with E-state index in [0.717, 1.165) is 39.3 Å². The number of hydrogen-bond acceptors (Lipinski definition) is 5. The molecule has 2 rings (SSSR count). The second kappa shape index (κ2) is 7.50. The van der Waals surface area contributed by atoms with E-state index in [-0.39, 0.29) is 0 Å². The molecule has 0 amide bonds. The average Bonchev–Trinajstić information content (AvgIpc) is 2.81. The van der Waals surface area contributed by atoms with Crippen molar-refractivity contribution in [2.24, 2.45) is 5.92 Å². The summed E-state index contributed by atoms with van der Waals surface area (Å²) in [5.41, 5.74) is 1.23. The van der Waals surface area contributed by atoms with Crippen LogP contribution in [0.2, 0.25) is 0 Å². The number of hydrogen-bond donors (Lipinski definition) is 1. The van der Waals surface area contributed by atoms with E-state index in [4.69, 9.17) is 4.98 Å². The summed E-state index contributed by atoms with van der Waals surface area (Å²) in [4.78, 5) is 9.69. The third-order valence-electron chi connectivity index (χ3n) is 3.86. The van der Waals surface area contributed by atoms with Gasteiger partial charge in [0.2, 0.25) is 0 Å². The summed E-state index contributed by atoms with van der Waals surface area (Å²) in [5, 5.41) is 6.89. The molecule has 1 saturated heterocycles. The lowest BCUT2D eigenvalue weighted by atomic mass is 10.2. The Morgan fingerprint density at radius 1 is 1.45 bits per heavy atom. The minimum Gasteiger partial charge on any atom is -0.310 e. The molecule has 0 bridgehead atoms. The van der Waals surface area contributed by atoms with Crippen LogP contribution in [-0.4, -0.2) is 54.1 Å². The zero-order chi connectivity index (χ0) is 14.5. The molecular formula is C15H28N4S. The van der Waals surface area contributed by atoms with Crippen LogP contribution in [0, 0.1) is 5.92 Å². The zero-order valence-electron chi connectivity index (χ0n) is 13.2. The number of piperazine rings is 1. The number of thiazole rings is 1. The molecule has 0 radical (unpaired) electrons. The molecule has 2 heterocycles. The molecule has 5 heteroatoms. The molecule has 1 atom stereocenters. The van der Waals surface area contributed by atoms with Crippen molar-refractivity contribution in [1.29, 1.82) is 0 Å². The second-order valence-electron chi connectivity index (χ2n) is 6.32. The molecule has 1 aliphatic heterocycles. The number of rotatable bonds is 6. The molecule has 0 spiro atoms. The second-order valence-corrected chi connectivity index (χ2v) is 7.26. The van der Waals surface area contributed by atoms with Crippen LogP contribution in [0.4, 0.5) is 0 Å². The van der Waals surface area contributed by atoms with Crippen molar-refractivity contribution >= 4 is 11.3 Å². The first-order valence-electron chi connectivity index (χ1n) is 7.61. The summed E-state index contributed by atoms with van der Waals surface area (Å²) in [6, 6.07) is 0.648. The van der Waals surface area contributed by atoms with E-state index in [1.54, 1.807) is 11.3 Å². The number of likely N-dealkylation sites (N-methyl/N-ethyl adjacent to an activating group) is 1. The summed E-state index contributed by atoms with van der Waals surface area (Å²) in [6.45, 7) is 13.2. The van der Waals surface area contributed by atoms with Crippen LogP contribution in [0.3, 0.4) is 0 Å². The van der Waals surface area contributed by atoms with Gasteiger partial charge in [0.1, 0.15) is 5.01 Å². The normalized spacial score (nSPS) is 21.8. The van der Waals surface area contributed by atoms with Gasteiger partial charge < -0.3 is 10.2 Å². The van der Waals surface area contributed by atoms with Crippen molar-refractivity contribution in [1.82, 2.24) is 20.1 Å². The quantitative estimate of drug-likeness (QED) is 0.870. The highest BCUT2D eigenvalue weighted by molar-refractivity contribution is 7.09. The maximum absolute atomic E-state index is 4.75. The third kappa shape index (κ3) is 4.81. The smallest absolute Gasteiger partial charge is 0.107 e. The van der Waals surface area contributed by atoms with Gasteiger partial charge in [-0.2, -0.15) is 0 Å². The largest absolute Gasteiger partial charge is 0.310 e. The first-order chi connectivity index (χ1) is 9.54. The highest BCUT2D eigenvalue weighted by atomic mass is 32.1. The molecule has 1 aromatic rings. The van der Waals surface area contributed by atoms with Gasteiger partial charge in [-0.3, -0.25) is 4.90 Å². The third-order valence-corrected chi connectivity index (χ3v) is 4.76. The van der Waals surface area contributed by atoms with Crippen LogP contribution in [-0.2, 0) is 13.1 Å². The fourth-order valence-electron chi connectivity index (χ4n) is 2.47. The first-order valence-corrected chi connectivity index (χ1v) is 8.49. The minimum atomic E-state index is 0.648. The topological polar surface area (TPSA) is 31.4 Å². The first kappa shape index (κ1) is 15.9. The van der Waals surface area contributed by atoms with E-state index >= 15 is 0 Å². The molecule has 0 saturated carbocycles. The van der Waals surface area contributed by atoms with Gasteiger partial charge in [0.15, 0.2) is 0 Å². The summed E-state index contributed by atoms with van der Waals surface area (Å²) < 4.78 is 0. The van der Waals surface area contributed by atoms with Crippen LogP contribution in [0.15, 0.2) is 5.38 Å². The van der Waals surface area contributed by atoms with Crippen LogP contribution in [0.25, 0.3) is 0 Å². The molecule has 1 N–H and O–H groups in total. The van der Waals surface area contributed by atoms with E-state index in [9.17, 15) is 0 Å². The standard InChI is InChI=1S/C15H28N4S/c1-12(2)7-16-8-15-17-14(11-20-15)10-19-6-5-18(4)13(3)9-19/h11-13,16H,5-10H2,1-4H3. The van der Waals surface area contributed by atoms with Gasteiger partial charge in [-0.05, 0) is 26.4 Å². The Morgan fingerprint density at radius 2 is 2.25 bits per heavy atom. The summed E-state index contributed by atoms with van der Waals surface area (Å²) in [6.07, 6.45) is 0. The summed E-state index contributed by atoms with van der Waals surface area (Å²) in [7, 11) is 2.21. The van der Waals surface area contributed by atoms with Crippen molar-refractivity contribution in [3.8, 4) is 0 Å². The molecule has 20 heavy (non-hydrogen) atoms. The zero-order valence-corrected chi connectivity index (χ0v) is 14.0. The number of nitrogens with zero attached hydrogens (tertiary/aromatic N) is 3. The van der Waals surface area contributed by atoms with E-state index in [1.165, 1.54) is 10.7 Å². The maximum Gasteiger partial charge on any atom is 0.107 e. The predicted octanol–water partition coefficient (Wildman–Crippen LogP) is 2.02. The fourth-order valence-corrected chi connectivity index (χ4v) is 3.22. The van der Waals surface area contributed by atoms with Gasteiger partial charge in [0.05, 0.1) is 5.69 Å². The predicted molar refractivity (Wildman–Crippen MR) is 86.0 cm³/mol. The van der Waals surface area contributed by atoms with E-state index in [2.05, 4.69) is 48.3 Å². The van der Waals surface area contributed by atoms with E-state index in [0.29, 0.717) is 12.0 Å². The Kier molecular flexibility index (Phi) is 5.96. The highest BCUT2D eigenvalue weighted by Crippen LogP contribution is 2.14. The lowest BCUT2D eigenvalue weighted by Crippen LogP contribution is -2.49. The Bertz CT molecular complexity index is 404. The minimum absolute atomic E-state index is 0.648. The van der Waals surface area contributed by atoms with Crippen molar-refractivity contribution < 1.29 is 0 Å². The summed E-state index contributed by atoms with van der Waals surface area (Å²) in [5.74, 6) is 0.696. The highest BCUT2D eigenvalue weighted by Gasteiger charge is 2.21. The van der Waals surface area contributed by atoms with Crippen LogP contribution in [0.1, 0.15) is 31.5 Å². The van der Waals surface area contributed by atoms with Gasteiger partial charge in [-0.25, -0.2) is 4.98 Å². The Balaban J connectivity index is 1.78. The maximum atomic E-state index is 4.75. The Labute approximate surface area is 127 Å². The van der Waals surface area contributed by atoms with Gasteiger partial charge in [-0.1, -0.05) is 13.8 Å². The van der Waals surface area contributed by atoms with Crippen LogP contribution < -0.4 is 5.32 Å². The van der Waals surface area contributed by atoms with Crippen LogP contribution >= 0.6 is 11.3 Å². The van der Waals surface area contributed by atoms with E-state index in [1.807, 2.05) is 0 Å². The molecule has 114 valence electrons. The molecule has 1 unspecified atom stereocenters. The SMILES string of the molecule is CC(C)CNCc1nc(CN2CCN(C)C(C)C2)cs1. The van der Waals surface area contributed by atoms with Crippen molar-refractivity contribution in [2.75, 3.05) is 33.2 Å². The van der Waals surface area contributed by atoms with Gasteiger partial charge in [-0.15, -0.1) is 11.3 Å². The monoisotopic (exact) mass is 296 g/mol. The van der Waals surface area contributed by atoms with Crippen molar-refractivity contribution in [3.63, 3.8) is 0 Å². The molecular weight excluding hydrogens is 268 g/mol. The van der Waals surface area contributed by atoms with Gasteiger partial charge in [0, 0.05) is 44.1 Å². The van der Waals surface area contributed by atoms with Gasteiger partial charge >= 0.3 is 0 Å². The molecule has 1 aliphatic rings. The van der Waals surface area contributed by atoms with Crippen LogP contribution in [0.5, 0.6) is 0 Å². The average molecular weight is 296 g/mol. The van der Waals surface area contributed by atoms with E-state index < -0.39 is 0 Å². The number of aromatic nitrogens is 1. The van der Waals surface area contributed by atoms with Crippen molar-refractivity contribution in [3.05, 3.63) is 16.1 Å². The lowest BCUT2D eigenvalue weighted by Gasteiger charge is -2.37. The molecule has 1 aromatic heterocycles. The summed E-state index contributed by atoms with van der Waals surface area (Å²) >= 11 is 1.78. The Morgan fingerprint density at radius 3 is 2.95 bits per heavy atom. The molecule has 1 fully saturated rings.